The highest BCUT2D eigenvalue weighted by Crippen LogP contribution is 2.39. The average Bonchev–Trinajstić information content (AvgIpc) is 3.14. The maximum atomic E-state index is 12.5. The molecule has 0 amide bonds. The van der Waals surface area contributed by atoms with Gasteiger partial charge in [-0.3, -0.25) is 0 Å². The van der Waals surface area contributed by atoms with Crippen molar-refractivity contribution in [1.29, 1.82) is 0 Å². The quantitative estimate of drug-likeness (QED) is 0.395. The number of carbonyl (C=O) groups excluding carboxylic acids is 1. The third-order valence-corrected chi connectivity index (χ3v) is 6.98. The number of esters is 1. The van der Waals surface area contributed by atoms with Crippen molar-refractivity contribution in [3.05, 3.63) is 45.7 Å². The molecule has 2 aromatic heterocycles. The van der Waals surface area contributed by atoms with E-state index in [1.807, 2.05) is 12.1 Å². The molecule has 3 aromatic rings. The zero-order chi connectivity index (χ0) is 20.4. The number of nitrogens with zero attached hydrogens (tertiary/aromatic N) is 2. The lowest BCUT2D eigenvalue weighted by molar-refractivity contribution is 0.0521. The van der Waals surface area contributed by atoms with Crippen molar-refractivity contribution in [3.63, 3.8) is 0 Å². The van der Waals surface area contributed by atoms with Gasteiger partial charge in [0.15, 0.2) is 5.69 Å². The fourth-order valence-electron chi connectivity index (χ4n) is 3.98. The van der Waals surface area contributed by atoms with Gasteiger partial charge in [-0.25, -0.2) is 4.79 Å². The molecule has 4 nitrogen and oxygen atoms in total. The van der Waals surface area contributed by atoms with E-state index in [2.05, 4.69) is 16.3 Å². The summed E-state index contributed by atoms with van der Waals surface area (Å²) in [7, 11) is 0. The Hall–Kier alpha value is -1.69. The first-order valence-corrected chi connectivity index (χ1v) is 11.5. The highest BCUT2D eigenvalue weighted by molar-refractivity contribution is 7.22. The summed E-state index contributed by atoms with van der Waals surface area (Å²) in [6.07, 6.45) is 7.21. The maximum absolute atomic E-state index is 12.5. The van der Waals surface area contributed by atoms with Crippen molar-refractivity contribution in [2.45, 2.75) is 45.4 Å². The second kappa shape index (κ2) is 8.99. The summed E-state index contributed by atoms with van der Waals surface area (Å²) in [5.74, 6) is 0.186. The molecular weight excluding hydrogens is 427 g/mol. The molecular formula is C22H22Cl2N2O2S. The van der Waals surface area contributed by atoms with Crippen LogP contribution in [0.15, 0.2) is 24.3 Å². The molecule has 0 unspecified atom stereocenters. The lowest BCUT2D eigenvalue weighted by Crippen LogP contribution is -2.13. The average molecular weight is 449 g/mol. The van der Waals surface area contributed by atoms with Crippen LogP contribution >= 0.6 is 34.5 Å². The van der Waals surface area contributed by atoms with Crippen molar-refractivity contribution in [2.24, 2.45) is 5.92 Å². The lowest BCUT2D eigenvalue weighted by Gasteiger charge is -2.21. The highest BCUT2D eigenvalue weighted by atomic mass is 35.5. The maximum Gasteiger partial charge on any atom is 0.360 e. The second-order valence-electron chi connectivity index (χ2n) is 7.44. The number of carbonyl (C=O) groups is 1. The zero-order valence-electron chi connectivity index (χ0n) is 16.2. The largest absolute Gasteiger partial charge is 0.461 e. The second-order valence-corrected chi connectivity index (χ2v) is 9.36. The van der Waals surface area contributed by atoms with Gasteiger partial charge in [-0.05, 0) is 49.1 Å². The molecule has 0 radical (unpaired) electrons. The Labute approximate surface area is 184 Å². The molecule has 1 aliphatic rings. The van der Waals surface area contributed by atoms with E-state index in [0.717, 1.165) is 32.6 Å². The molecule has 0 atom stereocenters. The molecule has 2 heterocycles. The van der Waals surface area contributed by atoms with E-state index in [9.17, 15) is 4.79 Å². The van der Waals surface area contributed by atoms with Crippen molar-refractivity contribution in [1.82, 2.24) is 10.2 Å². The fourth-order valence-corrected chi connectivity index (χ4v) is 5.64. The summed E-state index contributed by atoms with van der Waals surface area (Å²) >= 11 is 13.9. The van der Waals surface area contributed by atoms with Crippen molar-refractivity contribution < 1.29 is 9.53 Å². The minimum atomic E-state index is -0.438. The fraction of sp³-hybridized carbons (Fsp3) is 0.409. The van der Waals surface area contributed by atoms with Crippen molar-refractivity contribution >= 4 is 50.6 Å². The highest BCUT2D eigenvalue weighted by Gasteiger charge is 2.23. The van der Waals surface area contributed by atoms with Gasteiger partial charge in [0.05, 0.1) is 17.0 Å². The molecule has 0 aliphatic heterocycles. The molecule has 0 spiro atoms. The number of benzene rings is 1. The summed E-state index contributed by atoms with van der Waals surface area (Å²) in [5, 5.41) is 10.8. The number of aromatic nitrogens is 2. The molecule has 0 bridgehead atoms. The van der Waals surface area contributed by atoms with Crippen LogP contribution in [0.1, 0.15) is 55.2 Å². The summed E-state index contributed by atoms with van der Waals surface area (Å²) < 4.78 is 6.02. The van der Waals surface area contributed by atoms with Crippen LogP contribution in [0.3, 0.4) is 0 Å². The van der Waals surface area contributed by atoms with Crippen molar-refractivity contribution in [2.75, 3.05) is 6.61 Å². The van der Waals surface area contributed by atoms with E-state index in [-0.39, 0.29) is 5.69 Å². The molecule has 1 saturated carbocycles. The molecule has 0 N–H and O–H groups in total. The Morgan fingerprint density at radius 3 is 2.52 bits per heavy atom. The number of fused-ring (bicyclic) bond motifs is 1. The third-order valence-electron chi connectivity index (χ3n) is 5.35. The standard InChI is InChI=1S/C22H22Cl2N2O2S/c1-2-28-22(27)20-21-17(18(25-26-20)8-13-6-4-3-5-7-13)12-19(29-21)14-9-15(23)11-16(24)10-14/h9-13H,2-8H2,1H3. The van der Waals surface area contributed by atoms with Crippen LogP contribution in [0.2, 0.25) is 10.0 Å². The molecule has 0 saturated heterocycles. The van der Waals surface area contributed by atoms with Gasteiger partial charge >= 0.3 is 5.97 Å². The summed E-state index contributed by atoms with van der Waals surface area (Å²) in [6, 6.07) is 7.55. The van der Waals surface area contributed by atoms with E-state index < -0.39 is 5.97 Å². The molecule has 1 aromatic carbocycles. The number of hydrogen-bond donors (Lipinski definition) is 0. The van der Waals surface area contributed by atoms with Gasteiger partial charge in [0.1, 0.15) is 0 Å². The van der Waals surface area contributed by atoms with E-state index in [1.54, 1.807) is 13.0 Å². The number of halogens is 2. The normalized spacial score (nSPS) is 15.0. The van der Waals surface area contributed by atoms with Gasteiger partial charge in [-0.1, -0.05) is 55.3 Å². The van der Waals surface area contributed by atoms with Crippen LogP contribution in [0.4, 0.5) is 0 Å². The van der Waals surface area contributed by atoms with Crippen LogP contribution in [0.25, 0.3) is 20.5 Å². The van der Waals surface area contributed by atoms with E-state index in [0.29, 0.717) is 22.6 Å². The van der Waals surface area contributed by atoms with Gasteiger partial charge in [0, 0.05) is 20.3 Å². The SMILES string of the molecule is CCOC(=O)c1nnc(CC2CCCCC2)c2cc(-c3cc(Cl)cc(Cl)c3)sc12. The Kier molecular flexibility index (Phi) is 6.38. The molecule has 7 heteroatoms. The van der Waals surface area contributed by atoms with E-state index in [4.69, 9.17) is 27.9 Å². The number of thiophene rings is 1. The molecule has 152 valence electrons. The zero-order valence-corrected chi connectivity index (χ0v) is 18.5. The van der Waals surface area contributed by atoms with Crippen molar-refractivity contribution in [3.8, 4) is 10.4 Å². The predicted octanol–water partition coefficient (Wildman–Crippen LogP) is 6.96. The van der Waals surface area contributed by atoms with Gasteiger partial charge in [-0.2, -0.15) is 5.10 Å². The van der Waals surface area contributed by atoms with Crippen LogP contribution in [0, 0.1) is 5.92 Å². The summed E-state index contributed by atoms with van der Waals surface area (Å²) in [6.45, 7) is 2.09. The smallest absolute Gasteiger partial charge is 0.360 e. The Balaban J connectivity index is 1.81. The first-order valence-electron chi connectivity index (χ1n) is 9.98. The first kappa shape index (κ1) is 20.6. The van der Waals surface area contributed by atoms with Gasteiger partial charge in [0.25, 0.3) is 0 Å². The molecule has 29 heavy (non-hydrogen) atoms. The van der Waals surface area contributed by atoms with Crippen LogP contribution in [0.5, 0.6) is 0 Å². The van der Waals surface area contributed by atoms with Gasteiger partial charge in [-0.15, -0.1) is 16.4 Å². The molecule has 1 aliphatic carbocycles. The van der Waals surface area contributed by atoms with Gasteiger partial charge < -0.3 is 4.74 Å². The minimum absolute atomic E-state index is 0.276. The Morgan fingerprint density at radius 1 is 1.10 bits per heavy atom. The number of hydrogen-bond acceptors (Lipinski definition) is 5. The van der Waals surface area contributed by atoms with Crippen LogP contribution in [-0.4, -0.2) is 22.8 Å². The van der Waals surface area contributed by atoms with Crippen LogP contribution in [-0.2, 0) is 11.2 Å². The molecule has 1 fully saturated rings. The Morgan fingerprint density at radius 2 is 1.83 bits per heavy atom. The third kappa shape index (κ3) is 4.57. The Bertz CT molecular complexity index is 1020. The molecule has 4 rings (SSSR count). The monoisotopic (exact) mass is 448 g/mol. The van der Waals surface area contributed by atoms with Gasteiger partial charge in [0.2, 0.25) is 0 Å². The van der Waals surface area contributed by atoms with E-state index in [1.165, 1.54) is 43.4 Å². The summed E-state index contributed by atoms with van der Waals surface area (Å²) in [5.41, 5.74) is 2.15. The topological polar surface area (TPSA) is 52.1 Å². The first-order chi connectivity index (χ1) is 14.0. The predicted molar refractivity (Wildman–Crippen MR) is 119 cm³/mol. The number of ether oxygens (including phenoxy) is 1. The lowest BCUT2D eigenvalue weighted by atomic mass is 9.85. The van der Waals surface area contributed by atoms with E-state index >= 15 is 0 Å². The van der Waals surface area contributed by atoms with Crippen LogP contribution < -0.4 is 0 Å². The number of rotatable bonds is 5. The minimum Gasteiger partial charge on any atom is -0.461 e. The summed E-state index contributed by atoms with van der Waals surface area (Å²) in [4.78, 5) is 13.4.